The number of nitrogens with two attached hydrogens (primary N) is 1. The molecule has 1 amide bonds. The van der Waals surface area contributed by atoms with Crippen molar-refractivity contribution in [2.75, 3.05) is 25.0 Å². The van der Waals surface area contributed by atoms with E-state index in [1.165, 1.54) is 0 Å². The molecule has 2 rings (SSSR count). The summed E-state index contributed by atoms with van der Waals surface area (Å²) >= 11 is 0. The van der Waals surface area contributed by atoms with Crippen molar-refractivity contribution < 1.29 is 4.79 Å². The van der Waals surface area contributed by atoms with Crippen LogP contribution in [-0.2, 0) is 4.79 Å². The molecule has 106 valence electrons. The Hall–Kier alpha value is -1.10. The maximum Gasteiger partial charge on any atom is 0.238 e. The third kappa shape index (κ3) is 4.49. The highest BCUT2D eigenvalue weighted by Crippen LogP contribution is 2.16. The molecular weight excluding hydrogens is 262 g/mol. The number of aryl methyl sites for hydroxylation is 1. The summed E-state index contributed by atoms with van der Waals surface area (Å²) in [5.41, 5.74) is 7.71. The summed E-state index contributed by atoms with van der Waals surface area (Å²) in [7, 11) is 0. The molecule has 1 aliphatic rings. The monoisotopic (exact) mass is 283 g/mol. The van der Waals surface area contributed by atoms with E-state index in [9.17, 15) is 4.79 Å². The lowest BCUT2D eigenvalue weighted by Gasteiger charge is -2.22. The molecule has 1 aliphatic heterocycles. The van der Waals surface area contributed by atoms with Crippen LogP contribution in [0.15, 0.2) is 24.3 Å². The van der Waals surface area contributed by atoms with E-state index in [2.05, 4.69) is 10.2 Å². The number of carbonyl (C=O) groups is 1. The van der Waals surface area contributed by atoms with Crippen LogP contribution >= 0.6 is 12.4 Å². The van der Waals surface area contributed by atoms with Gasteiger partial charge in [0, 0.05) is 18.3 Å². The molecule has 1 unspecified atom stereocenters. The van der Waals surface area contributed by atoms with E-state index >= 15 is 0 Å². The molecule has 1 saturated heterocycles. The highest BCUT2D eigenvalue weighted by Gasteiger charge is 2.24. The first kappa shape index (κ1) is 16.0. The molecule has 0 saturated carbocycles. The normalized spacial score (nSPS) is 18.9. The molecule has 0 aliphatic carbocycles. The minimum atomic E-state index is 0. The van der Waals surface area contributed by atoms with Gasteiger partial charge in [0.15, 0.2) is 0 Å². The van der Waals surface area contributed by atoms with Crippen LogP contribution in [0.3, 0.4) is 0 Å². The Labute approximate surface area is 120 Å². The molecule has 1 aromatic carbocycles. The van der Waals surface area contributed by atoms with E-state index in [0.29, 0.717) is 19.1 Å². The lowest BCUT2D eigenvalue weighted by molar-refractivity contribution is -0.117. The van der Waals surface area contributed by atoms with Crippen LogP contribution in [0.5, 0.6) is 0 Å². The van der Waals surface area contributed by atoms with Crippen LogP contribution in [0.4, 0.5) is 5.69 Å². The maximum atomic E-state index is 11.9. The van der Waals surface area contributed by atoms with Gasteiger partial charge < -0.3 is 11.1 Å². The standard InChI is InChI=1S/C14H21N3O.ClH/c1-11-4-2-5-12(8-11)16-14(18)10-17-7-3-6-13(17)9-15;/h2,4-5,8,13H,3,6-7,9-10,15H2,1H3,(H,16,18);1H. The molecule has 0 bridgehead atoms. The zero-order chi connectivity index (χ0) is 13.0. The molecule has 1 atom stereocenters. The predicted molar refractivity (Wildman–Crippen MR) is 80.7 cm³/mol. The molecule has 5 heteroatoms. The number of carbonyl (C=O) groups excluding carboxylic acids is 1. The van der Waals surface area contributed by atoms with Gasteiger partial charge in [-0.3, -0.25) is 9.69 Å². The lowest BCUT2D eigenvalue weighted by Crippen LogP contribution is -2.40. The van der Waals surface area contributed by atoms with Crippen LogP contribution < -0.4 is 11.1 Å². The van der Waals surface area contributed by atoms with Crippen molar-refractivity contribution in [3.63, 3.8) is 0 Å². The zero-order valence-electron chi connectivity index (χ0n) is 11.3. The summed E-state index contributed by atoms with van der Waals surface area (Å²) in [5, 5.41) is 2.93. The van der Waals surface area contributed by atoms with Gasteiger partial charge in [0.1, 0.15) is 0 Å². The summed E-state index contributed by atoms with van der Waals surface area (Å²) in [6.07, 6.45) is 2.24. The number of halogens is 1. The first-order valence-electron chi connectivity index (χ1n) is 6.49. The van der Waals surface area contributed by atoms with Gasteiger partial charge >= 0.3 is 0 Å². The maximum absolute atomic E-state index is 11.9. The molecule has 0 radical (unpaired) electrons. The Morgan fingerprint density at radius 2 is 2.32 bits per heavy atom. The Kier molecular flexibility index (Phi) is 6.28. The van der Waals surface area contributed by atoms with Gasteiger partial charge in [-0.25, -0.2) is 0 Å². The molecule has 0 aromatic heterocycles. The average molecular weight is 284 g/mol. The van der Waals surface area contributed by atoms with E-state index < -0.39 is 0 Å². The minimum absolute atomic E-state index is 0. The van der Waals surface area contributed by atoms with E-state index in [1.807, 2.05) is 31.2 Å². The van der Waals surface area contributed by atoms with E-state index in [0.717, 1.165) is 30.6 Å². The number of nitrogens with one attached hydrogen (secondary N) is 1. The van der Waals surface area contributed by atoms with Gasteiger partial charge in [-0.15, -0.1) is 12.4 Å². The Balaban J connectivity index is 0.00000180. The highest BCUT2D eigenvalue weighted by atomic mass is 35.5. The van der Waals surface area contributed by atoms with Crippen molar-refractivity contribution in [1.82, 2.24) is 4.90 Å². The fourth-order valence-electron chi connectivity index (χ4n) is 2.48. The van der Waals surface area contributed by atoms with Gasteiger partial charge in [0.2, 0.25) is 5.91 Å². The van der Waals surface area contributed by atoms with Gasteiger partial charge in [-0.05, 0) is 44.0 Å². The summed E-state index contributed by atoms with van der Waals surface area (Å²) in [5.74, 6) is 0.0425. The first-order valence-corrected chi connectivity index (χ1v) is 6.49. The lowest BCUT2D eigenvalue weighted by atomic mass is 10.2. The number of rotatable bonds is 4. The summed E-state index contributed by atoms with van der Waals surface area (Å²) < 4.78 is 0. The Morgan fingerprint density at radius 1 is 1.53 bits per heavy atom. The van der Waals surface area contributed by atoms with Gasteiger partial charge in [0.05, 0.1) is 6.54 Å². The smallest absolute Gasteiger partial charge is 0.238 e. The summed E-state index contributed by atoms with van der Waals surface area (Å²) in [6.45, 7) is 4.07. The molecular formula is C14H22ClN3O. The number of anilines is 1. The van der Waals surface area contributed by atoms with Gasteiger partial charge in [-0.2, -0.15) is 0 Å². The van der Waals surface area contributed by atoms with Gasteiger partial charge in [-0.1, -0.05) is 12.1 Å². The Morgan fingerprint density at radius 3 is 3.00 bits per heavy atom. The predicted octanol–water partition coefficient (Wildman–Crippen LogP) is 1.78. The van der Waals surface area contributed by atoms with E-state index in [-0.39, 0.29) is 18.3 Å². The number of nitrogens with zero attached hydrogens (tertiary/aromatic N) is 1. The fraction of sp³-hybridized carbons (Fsp3) is 0.500. The average Bonchev–Trinajstić information content (AvgIpc) is 2.76. The number of hydrogen-bond donors (Lipinski definition) is 2. The third-order valence-corrected chi connectivity index (χ3v) is 3.42. The third-order valence-electron chi connectivity index (χ3n) is 3.42. The molecule has 4 nitrogen and oxygen atoms in total. The fourth-order valence-corrected chi connectivity index (χ4v) is 2.48. The second kappa shape index (κ2) is 7.48. The highest BCUT2D eigenvalue weighted by molar-refractivity contribution is 5.92. The summed E-state index contributed by atoms with van der Waals surface area (Å²) in [4.78, 5) is 14.1. The van der Waals surface area contributed by atoms with Crippen LogP contribution in [0.25, 0.3) is 0 Å². The first-order chi connectivity index (χ1) is 8.69. The second-order valence-electron chi connectivity index (χ2n) is 4.92. The van der Waals surface area contributed by atoms with Crippen molar-refractivity contribution in [2.24, 2.45) is 5.73 Å². The summed E-state index contributed by atoms with van der Waals surface area (Å²) in [6, 6.07) is 8.22. The molecule has 3 N–H and O–H groups in total. The molecule has 1 fully saturated rings. The number of benzene rings is 1. The van der Waals surface area contributed by atoms with E-state index in [4.69, 9.17) is 5.73 Å². The quantitative estimate of drug-likeness (QED) is 0.886. The van der Waals surface area contributed by atoms with Crippen molar-refractivity contribution >= 4 is 24.0 Å². The minimum Gasteiger partial charge on any atom is -0.329 e. The van der Waals surface area contributed by atoms with Crippen molar-refractivity contribution in [3.05, 3.63) is 29.8 Å². The molecule has 1 heterocycles. The zero-order valence-corrected chi connectivity index (χ0v) is 12.1. The van der Waals surface area contributed by atoms with Crippen LogP contribution in [-0.4, -0.2) is 36.5 Å². The second-order valence-corrected chi connectivity index (χ2v) is 4.92. The SMILES string of the molecule is Cc1cccc(NC(=O)CN2CCCC2CN)c1.Cl. The molecule has 1 aromatic rings. The Bertz CT molecular complexity index is 425. The van der Waals surface area contributed by atoms with Crippen molar-refractivity contribution in [1.29, 1.82) is 0 Å². The van der Waals surface area contributed by atoms with Crippen molar-refractivity contribution in [3.8, 4) is 0 Å². The van der Waals surface area contributed by atoms with Gasteiger partial charge in [0.25, 0.3) is 0 Å². The largest absolute Gasteiger partial charge is 0.329 e. The molecule has 19 heavy (non-hydrogen) atoms. The van der Waals surface area contributed by atoms with E-state index in [1.54, 1.807) is 0 Å². The number of hydrogen-bond acceptors (Lipinski definition) is 3. The van der Waals surface area contributed by atoms with Crippen molar-refractivity contribution in [2.45, 2.75) is 25.8 Å². The van der Waals surface area contributed by atoms with Crippen LogP contribution in [0.2, 0.25) is 0 Å². The topological polar surface area (TPSA) is 58.4 Å². The van der Waals surface area contributed by atoms with Crippen LogP contribution in [0, 0.1) is 6.92 Å². The number of likely N-dealkylation sites (tertiary alicyclic amines) is 1. The van der Waals surface area contributed by atoms with Crippen LogP contribution in [0.1, 0.15) is 18.4 Å². The molecule has 0 spiro atoms. The number of amides is 1.